The summed E-state index contributed by atoms with van der Waals surface area (Å²) in [6.07, 6.45) is 3.23. The maximum Gasteiger partial charge on any atom is 0.208 e. The molecule has 4 N–H and O–H groups in total. The lowest BCUT2D eigenvalue weighted by Crippen LogP contribution is -2.32. The van der Waals surface area contributed by atoms with E-state index < -0.39 is 10.0 Å². The first-order valence-corrected chi connectivity index (χ1v) is 7.91. The van der Waals surface area contributed by atoms with Gasteiger partial charge in [0.1, 0.15) is 0 Å². The van der Waals surface area contributed by atoms with Gasteiger partial charge in [0.25, 0.3) is 0 Å². The first-order valence-electron chi connectivity index (χ1n) is 6.02. The highest BCUT2D eigenvalue weighted by Crippen LogP contribution is 2.31. The summed E-state index contributed by atoms with van der Waals surface area (Å²) < 4.78 is 24.3. The summed E-state index contributed by atoms with van der Waals surface area (Å²) in [6.45, 7) is 1.04. The lowest BCUT2D eigenvalue weighted by molar-refractivity contribution is 0.526. The second-order valence-corrected chi connectivity index (χ2v) is 6.50. The van der Waals surface area contributed by atoms with E-state index in [4.69, 9.17) is 5.73 Å². The molecule has 0 spiro atoms. The molecule has 2 rings (SSSR count). The first kappa shape index (κ1) is 13.3. The van der Waals surface area contributed by atoms with Gasteiger partial charge in [0.05, 0.1) is 6.26 Å². The Balaban J connectivity index is 1.87. The number of sulfonamides is 1. The number of nitrogens with one attached hydrogen (secondary N) is 2. The molecule has 1 atom stereocenters. The van der Waals surface area contributed by atoms with Crippen molar-refractivity contribution in [2.45, 2.75) is 18.9 Å². The molecular formula is C12H19N3O2S. The molecule has 1 unspecified atom stereocenters. The fourth-order valence-corrected chi connectivity index (χ4v) is 2.81. The standard InChI is InChI=1S/C12H19N3O2S/c1-18(16,17)15-7-6-14-12-5-2-9-8-10(13)3-4-11(9)12/h3-4,8,12,14-15H,2,5-7,13H2,1H3. The summed E-state index contributed by atoms with van der Waals surface area (Å²) in [5.74, 6) is 0. The summed E-state index contributed by atoms with van der Waals surface area (Å²) in [6, 6.07) is 6.29. The van der Waals surface area contributed by atoms with Crippen LogP contribution in [0, 0.1) is 0 Å². The van der Waals surface area contributed by atoms with Gasteiger partial charge < -0.3 is 11.1 Å². The molecule has 0 saturated heterocycles. The molecule has 0 saturated carbocycles. The quantitative estimate of drug-likeness (QED) is 0.533. The third kappa shape index (κ3) is 3.44. The molecule has 5 nitrogen and oxygen atoms in total. The van der Waals surface area contributed by atoms with Gasteiger partial charge in [-0.2, -0.15) is 0 Å². The van der Waals surface area contributed by atoms with Crippen LogP contribution in [-0.4, -0.2) is 27.8 Å². The maximum atomic E-state index is 10.9. The Hall–Kier alpha value is -1.11. The Morgan fingerprint density at radius 2 is 2.17 bits per heavy atom. The van der Waals surface area contributed by atoms with Crippen LogP contribution in [0.5, 0.6) is 0 Å². The van der Waals surface area contributed by atoms with Crippen LogP contribution in [0.4, 0.5) is 5.69 Å². The molecule has 100 valence electrons. The highest BCUT2D eigenvalue weighted by Gasteiger charge is 2.21. The van der Waals surface area contributed by atoms with Crippen molar-refractivity contribution in [3.63, 3.8) is 0 Å². The van der Waals surface area contributed by atoms with E-state index >= 15 is 0 Å². The smallest absolute Gasteiger partial charge is 0.208 e. The Morgan fingerprint density at radius 1 is 1.39 bits per heavy atom. The van der Waals surface area contributed by atoms with Crippen molar-refractivity contribution in [1.82, 2.24) is 10.0 Å². The van der Waals surface area contributed by atoms with Crippen molar-refractivity contribution in [3.05, 3.63) is 29.3 Å². The molecule has 1 aromatic carbocycles. The fraction of sp³-hybridized carbons (Fsp3) is 0.500. The van der Waals surface area contributed by atoms with Gasteiger partial charge in [-0.25, -0.2) is 13.1 Å². The highest BCUT2D eigenvalue weighted by molar-refractivity contribution is 7.88. The lowest BCUT2D eigenvalue weighted by Gasteiger charge is -2.14. The zero-order chi connectivity index (χ0) is 13.2. The van der Waals surface area contributed by atoms with E-state index in [1.165, 1.54) is 17.4 Å². The van der Waals surface area contributed by atoms with Gasteiger partial charge in [-0.1, -0.05) is 6.07 Å². The summed E-state index contributed by atoms with van der Waals surface area (Å²) in [4.78, 5) is 0. The Morgan fingerprint density at radius 3 is 2.89 bits per heavy atom. The zero-order valence-corrected chi connectivity index (χ0v) is 11.3. The van der Waals surface area contributed by atoms with E-state index in [9.17, 15) is 8.42 Å². The van der Waals surface area contributed by atoms with Crippen molar-refractivity contribution in [3.8, 4) is 0 Å². The second kappa shape index (κ2) is 5.26. The van der Waals surface area contributed by atoms with Gasteiger partial charge in [0.15, 0.2) is 0 Å². The van der Waals surface area contributed by atoms with Gasteiger partial charge in [-0.15, -0.1) is 0 Å². The Bertz CT molecular complexity index is 528. The minimum atomic E-state index is -3.09. The molecule has 0 fully saturated rings. The normalized spacial score (nSPS) is 18.8. The summed E-state index contributed by atoms with van der Waals surface area (Å²) in [5, 5.41) is 3.36. The van der Waals surface area contributed by atoms with Crippen molar-refractivity contribution in [1.29, 1.82) is 0 Å². The van der Waals surface area contributed by atoms with Gasteiger partial charge in [0, 0.05) is 24.8 Å². The molecular weight excluding hydrogens is 250 g/mol. The minimum absolute atomic E-state index is 0.307. The first-order chi connectivity index (χ1) is 8.46. The third-order valence-corrected chi connectivity index (χ3v) is 3.85. The number of anilines is 1. The zero-order valence-electron chi connectivity index (χ0n) is 10.4. The third-order valence-electron chi connectivity index (χ3n) is 3.12. The molecule has 0 heterocycles. The van der Waals surface area contributed by atoms with Gasteiger partial charge >= 0.3 is 0 Å². The maximum absolute atomic E-state index is 10.9. The number of nitrogens with two attached hydrogens (primary N) is 1. The summed E-state index contributed by atoms with van der Waals surface area (Å²) in [7, 11) is -3.09. The number of hydrogen-bond acceptors (Lipinski definition) is 4. The molecule has 18 heavy (non-hydrogen) atoms. The van der Waals surface area contributed by atoms with E-state index in [-0.39, 0.29) is 0 Å². The van der Waals surface area contributed by atoms with E-state index in [0.29, 0.717) is 19.1 Å². The average molecular weight is 269 g/mol. The molecule has 1 aliphatic rings. The fourth-order valence-electron chi connectivity index (χ4n) is 2.33. The van der Waals surface area contributed by atoms with Crippen LogP contribution in [0.25, 0.3) is 0 Å². The van der Waals surface area contributed by atoms with E-state index in [0.717, 1.165) is 18.5 Å². The number of rotatable bonds is 5. The lowest BCUT2D eigenvalue weighted by atomic mass is 10.1. The minimum Gasteiger partial charge on any atom is -0.399 e. The number of hydrogen-bond donors (Lipinski definition) is 3. The summed E-state index contributed by atoms with van der Waals surface area (Å²) in [5.41, 5.74) is 9.12. The number of benzene rings is 1. The van der Waals surface area contributed by atoms with E-state index in [1.54, 1.807) is 0 Å². The largest absolute Gasteiger partial charge is 0.399 e. The number of nitrogen functional groups attached to an aromatic ring is 1. The van der Waals surface area contributed by atoms with Crippen molar-refractivity contribution in [2.75, 3.05) is 25.1 Å². The molecule has 0 bridgehead atoms. The number of fused-ring (bicyclic) bond motifs is 1. The molecule has 1 aromatic rings. The van der Waals surface area contributed by atoms with Crippen LogP contribution >= 0.6 is 0 Å². The molecule has 0 radical (unpaired) electrons. The molecule has 0 aromatic heterocycles. The van der Waals surface area contributed by atoms with Gasteiger partial charge in [0.2, 0.25) is 10.0 Å². The second-order valence-electron chi connectivity index (χ2n) is 4.67. The topological polar surface area (TPSA) is 84.2 Å². The van der Waals surface area contributed by atoms with E-state index in [1.807, 2.05) is 12.1 Å². The summed E-state index contributed by atoms with van der Waals surface area (Å²) >= 11 is 0. The van der Waals surface area contributed by atoms with Crippen LogP contribution in [0.15, 0.2) is 18.2 Å². The van der Waals surface area contributed by atoms with Crippen molar-refractivity contribution < 1.29 is 8.42 Å². The average Bonchev–Trinajstić information content (AvgIpc) is 2.65. The van der Waals surface area contributed by atoms with Crippen LogP contribution in [0.3, 0.4) is 0 Å². The van der Waals surface area contributed by atoms with Crippen LogP contribution in [0.1, 0.15) is 23.6 Å². The van der Waals surface area contributed by atoms with Crippen molar-refractivity contribution in [2.24, 2.45) is 0 Å². The van der Waals surface area contributed by atoms with Crippen molar-refractivity contribution >= 4 is 15.7 Å². The molecule has 0 aliphatic heterocycles. The molecule has 6 heteroatoms. The van der Waals surface area contributed by atoms with Crippen LogP contribution < -0.4 is 15.8 Å². The monoisotopic (exact) mass is 269 g/mol. The van der Waals surface area contributed by atoms with Crippen LogP contribution in [0.2, 0.25) is 0 Å². The van der Waals surface area contributed by atoms with Gasteiger partial charge in [-0.05, 0) is 36.1 Å². The highest BCUT2D eigenvalue weighted by atomic mass is 32.2. The van der Waals surface area contributed by atoms with Crippen LogP contribution in [-0.2, 0) is 16.4 Å². The Labute approximate surface area is 108 Å². The van der Waals surface area contributed by atoms with E-state index in [2.05, 4.69) is 16.1 Å². The molecule has 0 amide bonds. The predicted molar refractivity (Wildman–Crippen MR) is 72.8 cm³/mol. The predicted octanol–water partition coefficient (Wildman–Crippen LogP) is 0.395. The number of aryl methyl sites for hydroxylation is 1. The molecule has 1 aliphatic carbocycles. The van der Waals surface area contributed by atoms with Gasteiger partial charge in [-0.3, -0.25) is 0 Å². The Kier molecular flexibility index (Phi) is 3.89. The SMILES string of the molecule is CS(=O)(=O)NCCNC1CCc2cc(N)ccc21.